The maximum atomic E-state index is 11.5. The van der Waals surface area contributed by atoms with Gasteiger partial charge in [0, 0.05) is 39.3 Å². The second kappa shape index (κ2) is 12.1. The summed E-state index contributed by atoms with van der Waals surface area (Å²) in [7, 11) is 4.10. The van der Waals surface area contributed by atoms with Crippen LogP contribution in [0.5, 0.6) is 5.75 Å². The van der Waals surface area contributed by atoms with E-state index in [1.807, 2.05) is 6.07 Å². The minimum atomic E-state index is -0.261. The van der Waals surface area contributed by atoms with Gasteiger partial charge in [-0.1, -0.05) is 96.1 Å². The number of anilines is 2. The molecule has 0 bridgehead atoms. The molecule has 228 valence electrons. The van der Waals surface area contributed by atoms with Crippen molar-refractivity contribution in [1.29, 1.82) is 0 Å². The van der Waals surface area contributed by atoms with E-state index in [0.29, 0.717) is 31.3 Å². The third-order valence-electron chi connectivity index (χ3n) is 8.28. The Morgan fingerprint density at radius 1 is 0.837 bits per heavy atom. The fraction of sp³-hybridized carbons (Fsp3) is 0.432. The summed E-state index contributed by atoms with van der Waals surface area (Å²) >= 11 is 0. The summed E-state index contributed by atoms with van der Waals surface area (Å²) in [5, 5.41) is 11.5. The van der Waals surface area contributed by atoms with E-state index in [0.717, 1.165) is 52.6 Å². The van der Waals surface area contributed by atoms with E-state index in [9.17, 15) is 5.11 Å². The number of phenolic OH excluding ortho intramolecular Hbond substituents is 1. The Morgan fingerprint density at radius 3 is 1.95 bits per heavy atom. The first-order valence-electron chi connectivity index (χ1n) is 15.3. The van der Waals surface area contributed by atoms with Crippen molar-refractivity contribution in [2.45, 2.75) is 64.7 Å². The lowest BCUT2D eigenvalue weighted by molar-refractivity contribution is 0.120. The molecule has 0 radical (unpaired) electrons. The first-order chi connectivity index (χ1) is 20.3. The van der Waals surface area contributed by atoms with Crippen molar-refractivity contribution in [1.82, 2.24) is 4.98 Å². The normalized spacial score (nSPS) is 15.0. The summed E-state index contributed by atoms with van der Waals surface area (Å²) < 4.78 is 12.5. The largest absolute Gasteiger partial charge is 0.507 e. The van der Waals surface area contributed by atoms with Crippen LogP contribution < -0.4 is 9.80 Å². The van der Waals surface area contributed by atoms with Crippen molar-refractivity contribution in [3.8, 4) is 5.75 Å². The molecule has 1 unspecified atom stereocenters. The van der Waals surface area contributed by atoms with Gasteiger partial charge in [-0.05, 0) is 50.8 Å². The Hall–Kier alpha value is -3.77. The van der Waals surface area contributed by atoms with Gasteiger partial charge < -0.3 is 24.1 Å². The number of oxazole rings is 1. The Labute approximate surface area is 257 Å². The Morgan fingerprint density at radius 2 is 1.42 bits per heavy atom. The van der Waals surface area contributed by atoms with Gasteiger partial charge in [-0.3, -0.25) is 0 Å². The number of morpholine rings is 1. The predicted molar refractivity (Wildman–Crippen MR) is 176 cm³/mol. The number of rotatable bonds is 7. The summed E-state index contributed by atoms with van der Waals surface area (Å²) in [5.41, 5.74) is 6.75. The first kappa shape index (κ1) is 30.7. The van der Waals surface area contributed by atoms with Gasteiger partial charge in [-0.2, -0.15) is 0 Å². The molecule has 6 heteroatoms. The molecular weight excluding hydrogens is 534 g/mol. The molecule has 3 aromatic carbocycles. The standard InChI is InChI=1S/C37H47N3O3/c1-36(2,3)29-23-27(24-30(33(29)41)37(4,5)6)32(26-14-16-28(17-15-26)39(7)8)34-38-31(22-25-12-10-9-11-13-25)35(43-34)40-18-20-42-21-19-40/h9-17,23-24,32,41H,18-22H2,1-8H3. The molecule has 43 heavy (non-hydrogen) atoms. The molecule has 1 fully saturated rings. The maximum Gasteiger partial charge on any atom is 0.220 e. The highest BCUT2D eigenvalue weighted by Crippen LogP contribution is 2.44. The molecule has 1 aliphatic rings. The van der Waals surface area contributed by atoms with Crippen LogP contribution in [0.1, 0.15) is 86.9 Å². The van der Waals surface area contributed by atoms with Gasteiger partial charge in [-0.15, -0.1) is 0 Å². The monoisotopic (exact) mass is 581 g/mol. The van der Waals surface area contributed by atoms with Crippen LogP contribution in [0.4, 0.5) is 11.6 Å². The van der Waals surface area contributed by atoms with E-state index in [1.54, 1.807) is 0 Å². The van der Waals surface area contributed by atoms with E-state index >= 15 is 0 Å². The molecule has 1 saturated heterocycles. The summed E-state index contributed by atoms with van der Waals surface area (Å²) in [6, 6.07) is 23.4. The SMILES string of the molecule is CN(C)c1ccc(C(c2cc(C(C)(C)C)c(O)c(C(C)(C)C)c2)c2nc(Cc3ccccc3)c(N3CCOCC3)o2)cc1. The van der Waals surface area contributed by atoms with E-state index in [-0.39, 0.29) is 16.7 Å². The number of aromatic hydroxyl groups is 1. The van der Waals surface area contributed by atoms with E-state index in [1.165, 1.54) is 5.56 Å². The van der Waals surface area contributed by atoms with Gasteiger partial charge >= 0.3 is 0 Å². The number of nitrogens with zero attached hydrogens (tertiary/aromatic N) is 3. The lowest BCUT2D eigenvalue weighted by Crippen LogP contribution is -2.36. The molecule has 1 aromatic heterocycles. The minimum absolute atomic E-state index is 0.257. The van der Waals surface area contributed by atoms with Crippen LogP contribution in [0.15, 0.2) is 71.1 Å². The second-order valence-electron chi connectivity index (χ2n) is 13.9. The molecule has 0 amide bonds. The number of aromatic nitrogens is 1. The molecule has 0 spiro atoms. The first-order valence-corrected chi connectivity index (χ1v) is 15.3. The molecule has 6 nitrogen and oxygen atoms in total. The van der Waals surface area contributed by atoms with Gasteiger partial charge in [-0.25, -0.2) is 4.98 Å². The fourth-order valence-electron chi connectivity index (χ4n) is 5.81. The number of phenols is 1. The summed E-state index contributed by atoms with van der Waals surface area (Å²) in [4.78, 5) is 9.65. The summed E-state index contributed by atoms with van der Waals surface area (Å²) in [5.74, 6) is 1.60. The van der Waals surface area contributed by atoms with Gasteiger partial charge in [0.05, 0.1) is 19.1 Å². The zero-order chi connectivity index (χ0) is 30.9. The number of hydrogen-bond donors (Lipinski definition) is 1. The fourth-order valence-corrected chi connectivity index (χ4v) is 5.81. The van der Waals surface area contributed by atoms with Crippen molar-refractivity contribution in [3.05, 3.63) is 106 Å². The van der Waals surface area contributed by atoms with Crippen LogP contribution >= 0.6 is 0 Å². The molecule has 2 heterocycles. The van der Waals surface area contributed by atoms with Crippen LogP contribution in [0, 0.1) is 0 Å². The van der Waals surface area contributed by atoms with Crippen molar-refractivity contribution in [2.24, 2.45) is 0 Å². The number of benzene rings is 3. The van der Waals surface area contributed by atoms with E-state index < -0.39 is 0 Å². The molecule has 4 aromatic rings. The van der Waals surface area contributed by atoms with Gasteiger partial charge in [0.2, 0.25) is 11.8 Å². The Kier molecular flexibility index (Phi) is 8.62. The number of ether oxygens (including phenoxy) is 1. The van der Waals surface area contributed by atoms with Crippen LogP contribution in [-0.4, -0.2) is 50.5 Å². The number of hydrogen-bond acceptors (Lipinski definition) is 6. The molecule has 1 N–H and O–H groups in total. The lowest BCUT2D eigenvalue weighted by Gasteiger charge is -2.30. The summed E-state index contributed by atoms with van der Waals surface area (Å²) in [6.45, 7) is 15.8. The molecular formula is C37H47N3O3. The van der Waals surface area contributed by atoms with E-state index in [2.05, 4.69) is 126 Å². The van der Waals surface area contributed by atoms with Gasteiger partial charge in [0.1, 0.15) is 11.4 Å². The Bertz CT molecular complexity index is 1490. The highest BCUT2D eigenvalue weighted by Gasteiger charge is 2.32. The van der Waals surface area contributed by atoms with Crippen molar-refractivity contribution in [3.63, 3.8) is 0 Å². The quantitative estimate of drug-likeness (QED) is 0.242. The third-order valence-corrected chi connectivity index (χ3v) is 8.28. The molecule has 1 aliphatic heterocycles. The smallest absolute Gasteiger partial charge is 0.220 e. The molecule has 1 atom stereocenters. The van der Waals surface area contributed by atoms with Crippen molar-refractivity contribution in [2.75, 3.05) is 50.2 Å². The van der Waals surface area contributed by atoms with Crippen LogP contribution in [0.2, 0.25) is 0 Å². The lowest BCUT2D eigenvalue weighted by atomic mass is 9.76. The van der Waals surface area contributed by atoms with Gasteiger partial charge in [0.25, 0.3) is 0 Å². The van der Waals surface area contributed by atoms with E-state index in [4.69, 9.17) is 14.1 Å². The van der Waals surface area contributed by atoms with Crippen LogP contribution in [0.3, 0.4) is 0 Å². The minimum Gasteiger partial charge on any atom is -0.507 e. The highest BCUT2D eigenvalue weighted by atomic mass is 16.5. The van der Waals surface area contributed by atoms with Crippen molar-refractivity contribution < 1.29 is 14.3 Å². The topological polar surface area (TPSA) is 62.0 Å². The van der Waals surface area contributed by atoms with Crippen LogP contribution in [-0.2, 0) is 22.0 Å². The average molecular weight is 582 g/mol. The molecule has 5 rings (SSSR count). The van der Waals surface area contributed by atoms with Crippen molar-refractivity contribution >= 4 is 11.6 Å². The third kappa shape index (κ3) is 6.75. The second-order valence-corrected chi connectivity index (χ2v) is 13.9. The zero-order valence-electron chi connectivity index (χ0n) is 27.1. The van der Waals surface area contributed by atoms with Crippen LogP contribution in [0.25, 0.3) is 0 Å². The molecule has 0 aliphatic carbocycles. The highest BCUT2D eigenvalue weighted by molar-refractivity contribution is 5.55. The summed E-state index contributed by atoms with van der Waals surface area (Å²) in [6.07, 6.45) is 0.680. The molecule has 0 saturated carbocycles. The average Bonchev–Trinajstić information content (AvgIpc) is 3.37. The predicted octanol–water partition coefficient (Wildman–Crippen LogP) is 7.65. The zero-order valence-corrected chi connectivity index (χ0v) is 27.1. The Balaban J connectivity index is 1.73. The maximum absolute atomic E-state index is 11.5. The van der Waals surface area contributed by atoms with Gasteiger partial charge in [0.15, 0.2) is 0 Å².